The molecule has 1 spiro atoms. The van der Waals surface area contributed by atoms with E-state index in [1.807, 2.05) is 0 Å². The van der Waals surface area contributed by atoms with Crippen molar-refractivity contribution in [2.75, 3.05) is 19.8 Å². The van der Waals surface area contributed by atoms with Crippen molar-refractivity contribution in [3.8, 4) is 0 Å². The number of alkyl halides is 1. The zero-order valence-electron chi connectivity index (χ0n) is 6.91. The summed E-state index contributed by atoms with van der Waals surface area (Å²) in [6.45, 7) is 2.20. The van der Waals surface area contributed by atoms with Gasteiger partial charge in [0.2, 0.25) is 0 Å². The molecule has 2 aliphatic rings. The number of rotatable bonds is 1. The van der Waals surface area contributed by atoms with Crippen LogP contribution in [0, 0.1) is 11.3 Å². The van der Waals surface area contributed by atoms with Crippen LogP contribution in [0.3, 0.4) is 0 Å². The lowest BCUT2D eigenvalue weighted by atomic mass is 9.85. The topological polar surface area (TPSA) is 12.0 Å². The van der Waals surface area contributed by atoms with Crippen LogP contribution in [0.4, 0.5) is 4.39 Å². The van der Waals surface area contributed by atoms with Gasteiger partial charge in [-0.25, -0.2) is 0 Å². The van der Waals surface area contributed by atoms with Crippen molar-refractivity contribution >= 4 is 0 Å². The molecule has 2 unspecified atom stereocenters. The van der Waals surface area contributed by atoms with E-state index in [1.165, 1.54) is 12.8 Å². The maximum absolute atomic E-state index is 12.3. The summed E-state index contributed by atoms with van der Waals surface area (Å²) in [6.07, 6.45) is 4.80. The Hall–Kier alpha value is -0.110. The first kappa shape index (κ1) is 7.53. The monoisotopic (exact) mass is 157 g/mol. The Balaban J connectivity index is 1.96. The van der Waals surface area contributed by atoms with Gasteiger partial charge in [-0.2, -0.15) is 0 Å². The van der Waals surface area contributed by atoms with E-state index in [1.54, 1.807) is 0 Å². The minimum Gasteiger partial charge on any atom is -0.316 e. The highest BCUT2D eigenvalue weighted by Gasteiger charge is 2.40. The number of hydrogen-bond acceptors (Lipinski definition) is 1. The van der Waals surface area contributed by atoms with E-state index in [0.717, 1.165) is 25.9 Å². The van der Waals surface area contributed by atoms with E-state index >= 15 is 0 Å². The van der Waals surface area contributed by atoms with Gasteiger partial charge in [0.1, 0.15) is 0 Å². The summed E-state index contributed by atoms with van der Waals surface area (Å²) in [6, 6.07) is 0. The van der Waals surface area contributed by atoms with Crippen molar-refractivity contribution < 1.29 is 4.39 Å². The molecule has 0 aromatic rings. The van der Waals surface area contributed by atoms with E-state index in [0.29, 0.717) is 11.3 Å². The van der Waals surface area contributed by atoms with Gasteiger partial charge in [-0.05, 0) is 43.6 Å². The molecule has 1 aliphatic heterocycles. The molecule has 0 radical (unpaired) electrons. The van der Waals surface area contributed by atoms with Crippen LogP contribution in [0.15, 0.2) is 0 Å². The van der Waals surface area contributed by atoms with Crippen LogP contribution in [-0.4, -0.2) is 19.8 Å². The summed E-state index contributed by atoms with van der Waals surface area (Å²) in [4.78, 5) is 0. The summed E-state index contributed by atoms with van der Waals surface area (Å²) in [5.74, 6) is 0.384. The Labute approximate surface area is 67.4 Å². The number of hydrogen-bond donors (Lipinski definition) is 1. The molecule has 1 saturated heterocycles. The second kappa shape index (κ2) is 2.74. The number of halogens is 1. The van der Waals surface area contributed by atoms with E-state index in [4.69, 9.17) is 0 Å². The van der Waals surface area contributed by atoms with E-state index < -0.39 is 0 Å². The molecule has 0 bridgehead atoms. The lowest BCUT2D eigenvalue weighted by Gasteiger charge is -2.20. The highest BCUT2D eigenvalue weighted by molar-refractivity contribution is 4.94. The molecule has 1 N–H and O–H groups in total. The third-order valence-corrected chi connectivity index (χ3v) is 3.35. The molecule has 2 atom stereocenters. The van der Waals surface area contributed by atoms with Gasteiger partial charge in [0, 0.05) is 6.54 Å². The molecule has 0 amide bonds. The molecule has 11 heavy (non-hydrogen) atoms. The molecule has 0 aromatic carbocycles. The zero-order chi connectivity index (χ0) is 7.73. The van der Waals surface area contributed by atoms with Crippen molar-refractivity contribution in [2.45, 2.75) is 25.7 Å². The van der Waals surface area contributed by atoms with Crippen molar-refractivity contribution in [2.24, 2.45) is 11.3 Å². The molecule has 1 heterocycles. The number of nitrogens with one attached hydrogen (secondary N) is 1. The van der Waals surface area contributed by atoms with Gasteiger partial charge in [-0.15, -0.1) is 0 Å². The van der Waals surface area contributed by atoms with Crippen LogP contribution < -0.4 is 5.32 Å². The zero-order valence-corrected chi connectivity index (χ0v) is 6.91. The standard InChI is InChI=1S/C9H16FN/c10-6-8-1-2-9(5-8)3-4-11-7-9/h8,11H,1-7H2. The second-order valence-corrected chi connectivity index (χ2v) is 4.19. The van der Waals surface area contributed by atoms with Gasteiger partial charge in [0.15, 0.2) is 0 Å². The minimum atomic E-state index is -0.0955. The quantitative estimate of drug-likeness (QED) is 0.611. The van der Waals surface area contributed by atoms with Gasteiger partial charge in [-0.1, -0.05) is 0 Å². The lowest BCUT2D eigenvalue weighted by molar-refractivity contribution is 0.294. The smallest absolute Gasteiger partial charge is 0.0922 e. The fourth-order valence-electron chi connectivity index (χ4n) is 2.64. The highest BCUT2D eigenvalue weighted by atomic mass is 19.1. The molecule has 2 rings (SSSR count). The summed E-state index contributed by atoms with van der Waals surface area (Å²) < 4.78 is 12.3. The van der Waals surface area contributed by atoms with Crippen LogP contribution in [0.25, 0.3) is 0 Å². The molecule has 1 saturated carbocycles. The average Bonchev–Trinajstić information content (AvgIpc) is 2.62. The molecule has 0 aromatic heterocycles. The normalized spacial score (nSPS) is 43.9. The first-order valence-electron chi connectivity index (χ1n) is 4.61. The SMILES string of the molecule is FCC1CCC2(CCNC2)C1. The molecule has 2 heteroatoms. The van der Waals surface area contributed by atoms with E-state index in [9.17, 15) is 4.39 Å². The second-order valence-electron chi connectivity index (χ2n) is 4.19. The van der Waals surface area contributed by atoms with Crippen molar-refractivity contribution in [1.82, 2.24) is 5.32 Å². The Bertz CT molecular complexity index is 140. The molecule has 2 fully saturated rings. The predicted molar refractivity (Wildman–Crippen MR) is 43.2 cm³/mol. The first-order chi connectivity index (χ1) is 5.35. The maximum atomic E-state index is 12.3. The van der Waals surface area contributed by atoms with Gasteiger partial charge in [-0.3, -0.25) is 4.39 Å². The van der Waals surface area contributed by atoms with Gasteiger partial charge < -0.3 is 5.32 Å². The molecule has 1 aliphatic carbocycles. The molecule has 1 nitrogen and oxygen atoms in total. The Morgan fingerprint density at radius 1 is 1.45 bits per heavy atom. The molecule has 64 valence electrons. The Kier molecular flexibility index (Phi) is 1.88. The van der Waals surface area contributed by atoms with Crippen molar-refractivity contribution in [3.05, 3.63) is 0 Å². The van der Waals surface area contributed by atoms with Crippen LogP contribution in [-0.2, 0) is 0 Å². The van der Waals surface area contributed by atoms with E-state index in [-0.39, 0.29) is 6.67 Å². The van der Waals surface area contributed by atoms with Gasteiger partial charge in [0.25, 0.3) is 0 Å². The maximum Gasteiger partial charge on any atom is 0.0922 e. The highest BCUT2D eigenvalue weighted by Crippen LogP contribution is 2.45. The average molecular weight is 157 g/mol. The van der Waals surface area contributed by atoms with Crippen LogP contribution in [0.1, 0.15) is 25.7 Å². The summed E-state index contributed by atoms with van der Waals surface area (Å²) in [5.41, 5.74) is 0.511. The Morgan fingerprint density at radius 3 is 2.91 bits per heavy atom. The third-order valence-electron chi connectivity index (χ3n) is 3.35. The minimum absolute atomic E-state index is 0.0955. The van der Waals surface area contributed by atoms with Crippen LogP contribution in [0.5, 0.6) is 0 Å². The molecular formula is C9H16FN. The summed E-state index contributed by atoms with van der Waals surface area (Å²) >= 11 is 0. The Morgan fingerprint density at radius 2 is 2.36 bits per heavy atom. The fourth-order valence-corrected chi connectivity index (χ4v) is 2.64. The van der Waals surface area contributed by atoms with Crippen LogP contribution in [0.2, 0.25) is 0 Å². The fraction of sp³-hybridized carbons (Fsp3) is 1.00. The summed E-state index contributed by atoms with van der Waals surface area (Å²) in [7, 11) is 0. The summed E-state index contributed by atoms with van der Waals surface area (Å²) in [5, 5.41) is 3.38. The van der Waals surface area contributed by atoms with E-state index in [2.05, 4.69) is 5.32 Å². The van der Waals surface area contributed by atoms with Gasteiger partial charge in [0.05, 0.1) is 6.67 Å². The third kappa shape index (κ3) is 1.28. The van der Waals surface area contributed by atoms with Gasteiger partial charge >= 0.3 is 0 Å². The van der Waals surface area contributed by atoms with Crippen LogP contribution >= 0.6 is 0 Å². The predicted octanol–water partition coefficient (Wildman–Crippen LogP) is 1.74. The van der Waals surface area contributed by atoms with Crippen molar-refractivity contribution in [1.29, 1.82) is 0 Å². The van der Waals surface area contributed by atoms with Crippen molar-refractivity contribution in [3.63, 3.8) is 0 Å². The first-order valence-corrected chi connectivity index (χ1v) is 4.61. The lowest BCUT2D eigenvalue weighted by Crippen LogP contribution is -2.20. The largest absolute Gasteiger partial charge is 0.316 e. The molecular weight excluding hydrogens is 141 g/mol.